The topological polar surface area (TPSA) is 79.2 Å². The van der Waals surface area contributed by atoms with Gasteiger partial charge in [-0.15, -0.1) is 11.3 Å². The van der Waals surface area contributed by atoms with Gasteiger partial charge in [-0.1, -0.05) is 91.0 Å². The number of anilines is 1. The SMILES string of the molecule is CCOC(=O)c1c(NC(=O)C(c2ccccc2)c2ccccc2)sc2c1CCC(C#N)(c1ccccc1)C2. The fourth-order valence-electron chi connectivity index (χ4n) is 5.26. The Hall–Kier alpha value is -4.21. The number of carbonyl (C=O) groups excluding carboxylic acids is 2. The average Bonchev–Trinajstić information content (AvgIpc) is 3.31. The first-order valence-corrected chi connectivity index (χ1v) is 13.6. The Morgan fingerprint density at radius 2 is 1.55 bits per heavy atom. The summed E-state index contributed by atoms with van der Waals surface area (Å²) in [4.78, 5) is 28.0. The molecule has 5 nitrogen and oxygen atoms in total. The summed E-state index contributed by atoms with van der Waals surface area (Å²) in [5.41, 5.74) is 3.31. The predicted octanol–water partition coefficient (Wildman–Crippen LogP) is 6.65. The van der Waals surface area contributed by atoms with E-state index < -0.39 is 17.3 Å². The minimum atomic E-state index is -0.678. The molecule has 0 radical (unpaired) electrons. The van der Waals surface area contributed by atoms with Crippen molar-refractivity contribution in [3.8, 4) is 6.07 Å². The number of carbonyl (C=O) groups is 2. The lowest BCUT2D eigenvalue weighted by molar-refractivity contribution is -0.116. The van der Waals surface area contributed by atoms with E-state index in [2.05, 4.69) is 11.4 Å². The van der Waals surface area contributed by atoms with Crippen LogP contribution in [0.2, 0.25) is 0 Å². The van der Waals surface area contributed by atoms with E-state index in [9.17, 15) is 14.9 Å². The largest absolute Gasteiger partial charge is 0.462 e. The van der Waals surface area contributed by atoms with Crippen molar-refractivity contribution >= 4 is 28.2 Å². The zero-order chi connectivity index (χ0) is 26.5. The molecule has 0 bridgehead atoms. The molecule has 1 aromatic heterocycles. The lowest BCUT2D eigenvalue weighted by atomic mass is 9.70. The van der Waals surface area contributed by atoms with Crippen LogP contribution in [0, 0.1) is 11.3 Å². The number of benzene rings is 3. The highest BCUT2D eigenvalue weighted by atomic mass is 32.1. The summed E-state index contributed by atoms with van der Waals surface area (Å²) < 4.78 is 5.42. The molecule has 5 rings (SSSR count). The molecule has 1 heterocycles. The fourth-order valence-corrected chi connectivity index (χ4v) is 6.61. The lowest BCUT2D eigenvalue weighted by Gasteiger charge is -2.31. The molecule has 1 N–H and O–H groups in total. The molecule has 3 aromatic carbocycles. The average molecular weight is 521 g/mol. The Balaban J connectivity index is 1.54. The first kappa shape index (κ1) is 25.4. The van der Waals surface area contributed by atoms with Crippen LogP contribution in [-0.4, -0.2) is 18.5 Å². The number of nitriles is 1. The minimum absolute atomic E-state index is 0.221. The number of rotatable bonds is 7. The molecule has 6 heteroatoms. The molecule has 190 valence electrons. The van der Waals surface area contributed by atoms with Gasteiger partial charge >= 0.3 is 5.97 Å². The Labute approximate surface area is 226 Å². The number of ether oxygens (including phenoxy) is 1. The number of nitrogens with zero attached hydrogens (tertiary/aromatic N) is 1. The monoisotopic (exact) mass is 520 g/mol. The first-order valence-electron chi connectivity index (χ1n) is 12.8. The number of nitrogens with one attached hydrogen (secondary N) is 1. The highest BCUT2D eigenvalue weighted by Crippen LogP contribution is 2.46. The Morgan fingerprint density at radius 3 is 2.11 bits per heavy atom. The van der Waals surface area contributed by atoms with E-state index >= 15 is 0 Å². The molecule has 1 unspecified atom stereocenters. The number of thiophene rings is 1. The summed E-state index contributed by atoms with van der Waals surface area (Å²) >= 11 is 1.38. The van der Waals surface area contributed by atoms with Crippen LogP contribution >= 0.6 is 11.3 Å². The van der Waals surface area contributed by atoms with Crippen molar-refractivity contribution in [2.24, 2.45) is 0 Å². The Morgan fingerprint density at radius 1 is 0.974 bits per heavy atom. The highest BCUT2D eigenvalue weighted by Gasteiger charge is 2.40. The Bertz CT molecular complexity index is 1440. The van der Waals surface area contributed by atoms with Crippen molar-refractivity contribution in [1.29, 1.82) is 5.26 Å². The predicted molar refractivity (Wildman–Crippen MR) is 149 cm³/mol. The van der Waals surface area contributed by atoms with Crippen LogP contribution in [-0.2, 0) is 27.8 Å². The summed E-state index contributed by atoms with van der Waals surface area (Å²) in [6, 6.07) is 31.6. The first-order chi connectivity index (χ1) is 18.6. The fraction of sp³-hybridized carbons (Fsp3) is 0.219. The number of hydrogen-bond donors (Lipinski definition) is 1. The maximum absolute atomic E-state index is 13.9. The maximum atomic E-state index is 13.9. The van der Waals surface area contributed by atoms with Crippen molar-refractivity contribution in [2.45, 2.75) is 37.5 Å². The van der Waals surface area contributed by atoms with E-state index in [-0.39, 0.29) is 12.5 Å². The summed E-state index contributed by atoms with van der Waals surface area (Å²) in [5, 5.41) is 13.8. The molecule has 0 saturated carbocycles. The summed E-state index contributed by atoms with van der Waals surface area (Å²) in [6.45, 7) is 2.01. The summed E-state index contributed by atoms with van der Waals surface area (Å²) in [6.07, 6.45) is 1.63. The van der Waals surface area contributed by atoms with Crippen LogP contribution in [0.3, 0.4) is 0 Å². The minimum Gasteiger partial charge on any atom is -0.462 e. The normalized spacial score (nSPS) is 16.3. The van der Waals surface area contributed by atoms with Gasteiger partial charge in [0.15, 0.2) is 0 Å². The molecule has 0 saturated heterocycles. The molecule has 1 aliphatic carbocycles. The number of esters is 1. The molecular weight excluding hydrogens is 492 g/mol. The second-order valence-electron chi connectivity index (χ2n) is 9.41. The van der Waals surface area contributed by atoms with Crippen LogP contribution < -0.4 is 5.32 Å². The molecule has 4 aromatic rings. The quantitative estimate of drug-likeness (QED) is 0.277. The zero-order valence-electron chi connectivity index (χ0n) is 21.1. The highest BCUT2D eigenvalue weighted by molar-refractivity contribution is 7.17. The molecule has 0 spiro atoms. The van der Waals surface area contributed by atoms with Gasteiger partial charge in [-0.05, 0) is 42.0 Å². The van der Waals surface area contributed by atoms with Crippen LogP contribution in [0.15, 0.2) is 91.0 Å². The van der Waals surface area contributed by atoms with Gasteiger partial charge in [-0.3, -0.25) is 4.79 Å². The lowest BCUT2D eigenvalue weighted by Crippen LogP contribution is -2.31. The van der Waals surface area contributed by atoms with E-state index in [1.165, 1.54) is 11.3 Å². The standard InChI is InChI=1S/C32H28N2O3S/c1-2-37-31(36)28-25-18-19-32(21-33,24-16-10-5-11-17-24)20-26(25)38-30(28)34-29(35)27(22-12-6-3-7-13-22)23-14-8-4-9-15-23/h3-17,27H,2,18-20H2,1H3,(H,34,35). The molecule has 38 heavy (non-hydrogen) atoms. The number of amides is 1. The van der Waals surface area contributed by atoms with Gasteiger partial charge in [-0.25, -0.2) is 4.79 Å². The molecule has 1 atom stereocenters. The Kier molecular flexibility index (Phi) is 7.39. The number of hydrogen-bond acceptors (Lipinski definition) is 5. The maximum Gasteiger partial charge on any atom is 0.341 e. The van der Waals surface area contributed by atoms with Gasteiger partial charge in [0.2, 0.25) is 5.91 Å². The third-order valence-electron chi connectivity index (χ3n) is 7.14. The van der Waals surface area contributed by atoms with E-state index in [4.69, 9.17) is 4.74 Å². The van der Waals surface area contributed by atoms with Crippen LogP contribution in [0.5, 0.6) is 0 Å². The van der Waals surface area contributed by atoms with Crippen LogP contribution in [0.1, 0.15) is 56.8 Å². The smallest absolute Gasteiger partial charge is 0.341 e. The van der Waals surface area contributed by atoms with Gasteiger partial charge in [0.1, 0.15) is 5.00 Å². The third-order valence-corrected chi connectivity index (χ3v) is 8.29. The molecule has 0 fully saturated rings. The van der Waals surface area contributed by atoms with Crippen LogP contribution in [0.4, 0.5) is 5.00 Å². The van der Waals surface area contributed by atoms with Crippen molar-refractivity contribution in [3.05, 3.63) is 124 Å². The molecule has 1 amide bonds. The number of fused-ring (bicyclic) bond motifs is 1. The van der Waals surface area contributed by atoms with Gasteiger partial charge in [-0.2, -0.15) is 5.26 Å². The van der Waals surface area contributed by atoms with Gasteiger partial charge in [0.25, 0.3) is 0 Å². The van der Waals surface area contributed by atoms with E-state index in [1.54, 1.807) is 6.92 Å². The van der Waals surface area contributed by atoms with Gasteiger partial charge < -0.3 is 10.1 Å². The molecule has 0 aliphatic heterocycles. The second kappa shape index (κ2) is 11.0. The van der Waals surface area contributed by atoms with Crippen molar-refractivity contribution in [1.82, 2.24) is 0 Å². The molecule has 1 aliphatic rings. The van der Waals surface area contributed by atoms with Gasteiger partial charge in [0.05, 0.1) is 29.6 Å². The zero-order valence-corrected chi connectivity index (χ0v) is 22.0. The van der Waals surface area contributed by atoms with Gasteiger partial charge in [0, 0.05) is 11.3 Å². The second-order valence-corrected chi connectivity index (χ2v) is 10.5. The van der Waals surface area contributed by atoms with Crippen molar-refractivity contribution in [3.63, 3.8) is 0 Å². The summed E-state index contributed by atoms with van der Waals surface area (Å²) in [5.74, 6) is -1.21. The van der Waals surface area contributed by atoms with E-state index in [1.807, 2.05) is 91.0 Å². The van der Waals surface area contributed by atoms with E-state index in [0.29, 0.717) is 29.8 Å². The van der Waals surface area contributed by atoms with E-state index in [0.717, 1.165) is 27.1 Å². The van der Waals surface area contributed by atoms with Crippen LogP contribution in [0.25, 0.3) is 0 Å². The molecular formula is C32H28N2O3S. The summed E-state index contributed by atoms with van der Waals surface area (Å²) in [7, 11) is 0. The van der Waals surface area contributed by atoms with Crippen molar-refractivity contribution in [2.75, 3.05) is 11.9 Å². The van der Waals surface area contributed by atoms with Crippen molar-refractivity contribution < 1.29 is 14.3 Å². The third kappa shape index (κ3) is 4.85.